The molecule has 0 N–H and O–H groups in total. The van der Waals surface area contributed by atoms with Gasteiger partial charge in [0.1, 0.15) is 10.6 Å². The molecule has 0 unspecified atom stereocenters. The van der Waals surface area contributed by atoms with Crippen LogP contribution in [0.4, 0.5) is 0 Å². The van der Waals surface area contributed by atoms with E-state index in [1.165, 1.54) is 11.3 Å². The van der Waals surface area contributed by atoms with Gasteiger partial charge in [0.15, 0.2) is 0 Å². The molecular weight excluding hydrogens is 362 g/mol. The predicted octanol–water partition coefficient (Wildman–Crippen LogP) is 3.22. The van der Waals surface area contributed by atoms with Crippen molar-refractivity contribution in [2.45, 2.75) is 33.6 Å². The molecule has 1 aliphatic heterocycles. The van der Waals surface area contributed by atoms with Crippen LogP contribution in [0.15, 0.2) is 22.4 Å². The zero-order chi connectivity index (χ0) is 19.0. The van der Waals surface area contributed by atoms with Crippen LogP contribution in [0.3, 0.4) is 0 Å². The van der Waals surface area contributed by atoms with Crippen molar-refractivity contribution in [3.8, 4) is 11.3 Å². The average molecular weight is 383 g/mol. The molecule has 1 saturated heterocycles. The van der Waals surface area contributed by atoms with E-state index in [0.29, 0.717) is 5.92 Å². The van der Waals surface area contributed by atoms with Gasteiger partial charge in [-0.05, 0) is 39.5 Å². The van der Waals surface area contributed by atoms with Gasteiger partial charge in [-0.1, -0.05) is 5.16 Å². The summed E-state index contributed by atoms with van der Waals surface area (Å²) in [5.41, 5.74) is 5.99. The van der Waals surface area contributed by atoms with Crippen LogP contribution in [0.1, 0.15) is 38.9 Å². The van der Waals surface area contributed by atoms with Gasteiger partial charge in [0.2, 0.25) is 0 Å². The van der Waals surface area contributed by atoms with Gasteiger partial charge < -0.3 is 9.42 Å². The summed E-state index contributed by atoms with van der Waals surface area (Å²) >= 11 is 1.41. The Morgan fingerprint density at radius 3 is 2.70 bits per heavy atom. The molecule has 0 bridgehead atoms. The minimum atomic E-state index is 0.0948. The molecule has 4 rings (SSSR count). The summed E-state index contributed by atoms with van der Waals surface area (Å²) in [5.74, 6) is 1.25. The number of aryl methyl sites for hydroxylation is 3. The Labute approximate surface area is 161 Å². The van der Waals surface area contributed by atoms with E-state index in [0.717, 1.165) is 64.9 Å². The second kappa shape index (κ2) is 7.19. The lowest BCUT2D eigenvalue weighted by molar-refractivity contribution is 0.0791. The quantitative estimate of drug-likeness (QED) is 0.688. The minimum absolute atomic E-state index is 0.0948. The van der Waals surface area contributed by atoms with E-state index in [2.05, 4.69) is 20.1 Å². The molecule has 27 heavy (non-hydrogen) atoms. The van der Waals surface area contributed by atoms with Gasteiger partial charge in [0.05, 0.1) is 40.0 Å². The van der Waals surface area contributed by atoms with Crippen molar-refractivity contribution >= 4 is 17.2 Å². The second-order valence-corrected chi connectivity index (χ2v) is 7.82. The van der Waals surface area contributed by atoms with Gasteiger partial charge in [0, 0.05) is 19.3 Å². The lowest BCUT2D eigenvalue weighted by atomic mass is 10.0. The standard InChI is InChI=1S/C19H21N5O2S/c1-11-17(13(3)26-23-11)16-8-20-15(7-21-16)6-14-4-5-24(9-14)19(25)18-12(2)22-10-27-18/h7-8,10,14H,4-6,9H2,1-3H3/t14-/m1/s1. The number of likely N-dealkylation sites (tertiary alicyclic amines) is 1. The van der Waals surface area contributed by atoms with Gasteiger partial charge >= 0.3 is 0 Å². The number of aromatic nitrogens is 4. The molecule has 0 aromatic carbocycles. The number of nitrogens with zero attached hydrogens (tertiary/aromatic N) is 5. The fourth-order valence-electron chi connectivity index (χ4n) is 3.57. The van der Waals surface area contributed by atoms with E-state index in [1.807, 2.05) is 31.9 Å². The molecule has 1 amide bonds. The van der Waals surface area contributed by atoms with Crippen LogP contribution >= 0.6 is 11.3 Å². The van der Waals surface area contributed by atoms with Gasteiger partial charge in [0.25, 0.3) is 5.91 Å². The lowest BCUT2D eigenvalue weighted by Crippen LogP contribution is -2.28. The first kappa shape index (κ1) is 17.8. The molecule has 3 aromatic heterocycles. The van der Waals surface area contributed by atoms with Crippen molar-refractivity contribution in [3.63, 3.8) is 0 Å². The van der Waals surface area contributed by atoms with Crippen LogP contribution in [-0.4, -0.2) is 44.0 Å². The average Bonchev–Trinajstić information content (AvgIpc) is 3.37. The molecule has 0 aliphatic carbocycles. The molecule has 3 aromatic rings. The van der Waals surface area contributed by atoms with Crippen LogP contribution in [-0.2, 0) is 6.42 Å². The smallest absolute Gasteiger partial charge is 0.265 e. The highest BCUT2D eigenvalue weighted by atomic mass is 32.1. The summed E-state index contributed by atoms with van der Waals surface area (Å²) in [6.07, 6.45) is 5.40. The number of amides is 1. The SMILES string of the molecule is Cc1ncsc1C(=O)N1CC[C@H](Cc2cnc(-c3c(C)noc3C)cn2)C1. The summed E-state index contributed by atoms with van der Waals surface area (Å²) in [4.78, 5) is 28.6. The van der Waals surface area contributed by atoms with Crippen LogP contribution in [0.5, 0.6) is 0 Å². The molecule has 4 heterocycles. The summed E-state index contributed by atoms with van der Waals surface area (Å²) in [6.45, 7) is 7.19. The van der Waals surface area contributed by atoms with E-state index in [9.17, 15) is 4.79 Å². The molecule has 1 atom stereocenters. The third-order valence-corrected chi connectivity index (χ3v) is 5.92. The molecule has 1 aliphatic rings. The molecule has 0 spiro atoms. The third kappa shape index (κ3) is 3.49. The Bertz CT molecular complexity index is 943. The van der Waals surface area contributed by atoms with E-state index in [-0.39, 0.29) is 5.91 Å². The van der Waals surface area contributed by atoms with Crippen molar-refractivity contribution in [3.05, 3.63) is 45.6 Å². The highest BCUT2D eigenvalue weighted by Gasteiger charge is 2.29. The minimum Gasteiger partial charge on any atom is -0.361 e. The number of carbonyl (C=O) groups excluding carboxylic acids is 1. The van der Waals surface area contributed by atoms with Gasteiger partial charge in [-0.15, -0.1) is 11.3 Å². The highest BCUT2D eigenvalue weighted by Crippen LogP contribution is 2.26. The Kier molecular flexibility index (Phi) is 4.73. The molecular formula is C19H21N5O2S. The maximum Gasteiger partial charge on any atom is 0.265 e. The van der Waals surface area contributed by atoms with E-state index < -0.39 is 0 Å². The molecule has 140 valence electrons. The second-order valence-electron chi connectivity index (χ2n) is 6.97. The Balaban J connectivity index is 1.40. The zero-order valence-corrected chi connectivity index (χ0v) is 16.4. The first-order chi connectivity index (χ1) is 13.0. The maximum atomic E-state index is 12.6. The Morgan fingerprint density at radius 1 is 1.22 bits per heavy atom. The van der Waals surface area contributed by atoms with Gasteiger partial charge in [-0.25, -0.2) is 4.98 Å². The molecule has 0 radical (unpaired) electrons. The van der Waals surface area contributed by atoms with Crippen molar-refractivity contribution in [1.82, 2.24) is 25.0 Å². The van der Waals surface area contributed by atoms with Crippen molar-refractivity contribution in [2.24, 2.45) is 5.92 Å². The molecule has 8 heteroatoms. The summed E-state index contributed by atoms with van der Waals surface area (Å²) < 4.78 is 5.20. The first-order valence-electron chi connectivity index (χ1n) is 8.96. The zero-order valence-electron chi connectivity index (χ0n) is 15.6. The normalized spacial score (nSPS) is 16.9. The third-order valence-electron chi connectivity index (χ3n) is 5.01. The van der Waals surface area contributed by atoms with Crippen molar-refractivity contribution in [2.75, 3.05) is 13.1 Å². The highest BCUT2D eigenvalue weighted by molar-refractivity contribution is 7.11. The number of thiazole rings is 1. The van der Waals surface area contributed by atoms with Gasteiger partial charge in [-0.3, -0.25) is 14.8 Å². The number of hydrogen-bond acceptors (Lipinski definition) is 7. The maximum absolute atomic E-state index is 12.6. The Hall–Kier alpha value is -2.61. The van der Waals surface area contributed by atoms with Crippen molar-refractivity contribution in [1.29, 1.82) is 0 Å². The van der Waals surface area contributed by atoms with E-state index in [4.69, 9.17) is 4.52 Å². The van der Waals surface area contributed by atoms with E-state index >= 15 is 0 Å². The van der Waals surface area contributed by atoms with Crippen LogP contribution in [0, 0.1) is 26.7 Å². The van der Waals surface area contributed by atoms with Crippen LogP contribution in [0.25, 0.3) is 11.3 Å². The summed E-state index contributed by atoms with van der Waals surface area (Å²) in [7, 11) is 0. The lowest BCUT2D eigenvalue weighted by Gasteiger charge is -2.15. The molecule has 7 nitrogen and oxygen atoms in total. The fraction of sp³-hybridized carbons (Fsp3) is 0.421. The fourth-order valence-corrected chi connectivity index (χ4v) is 4.34. The van der Waals surface area contributed by atoms with Crippen molar-refractivity contribution < 1.29 is 9.32 Å². The summed E-state index contributed by atoms with van der Waals surface area (Å²) in [5, 5.41) is 3.97. The topological polar surface area (TPSA) is 85.0 Å². The number of rotatable bonds is 4. The van der Waals surface area contributed by atoms with E-state index in [1.54, 1.807) is 11.7 Å². The molecule has 0 saturated carbocycles. The summed E-state index contributed by atoms with van der Waals surface area (Å²) in [6, 6.07) is 0. The van der Waals surface area contributed by atoms with Crippen LogP contribution < -0.4 is 0 Å². The monoisotopic (exact) mass is 383 g/mol. The Morgan fingerprint density at radius 2 is 2.07 bits per heavy atom. The first-order valence-corrected chi connectivity index (χ1v) is 9.84. The largest absolute Gasteiger partial charge is 0.361 e. The number of hydrogen-bond donors (Lipinski definition) is 0. The molecule has 1 fully saturated rings. The van der Waals surface area contributed by atoms with Crippen LogP contribution in [0.2, 0.25) is 0 Å². The predicted molar refractivity (Wildman–Crippen MR) is 102 cm³/mol. The number of carbonyl (C=O) groups is 1. The van der Waals surface area contributed by atoms with Gasteiger partial charge in [-0.2, -0.15) is 0 Å².